The number of rotatable bonds is 6. The van der Waals surface area contributed by atoms with Crippen LogP contribution in [0.15, 0.2) is 48.7 Å². The fourth-order valence-electron chi connectivity index (χ4n) is 3.23. The standard InChI is InChI=1S/C21H27N3O/c1-2-18-6-8-19(9-7-18)10-11-21(25)24-15-13-23(14-16-24)17-20-5-3-4-12-22-20/h3-9,12H,2,10-11,13-17H2,1H3. The van der Waals surface area contributed by atoms with Crippen molar-refractivity contribution >= 4 is 5.91 Å². The Morgan fingerprint density at radius 1 is 1.00 bits per heavy atom. The minimum absolute atomic E-state index is 0.275. The lowest BCUT2D eigenvalue weighted by Gasteiger charge is -2.34. The number of carbonyl (C=O) groups excluding carboxylic acids is 1. The van der Waals surface area contributed by atoms with E-state index in [0.29, 0.717) is 6.42 Å². The van der Waals surface area contributed by atoms with Gasteiger partial charge in [0, 0.05) is 45.3 Å². The normalized spacial score (nSPS) is 15.3. The molecular formula is C21H27N3O. The van der Waals surface area contributed by atoms with Crippen molar-refractivity contribution in [2.24, 2.45) is 0 Å². The fraction of sp³-hybridized carbons (Fsp3) is 0.429. The van der Waals surface area contributed by atoms with Crippen LogP contribution in [-0.4, -0.2) is 46.9 Å². The Hall–Kier alpha value is -2.20. The smallest absolute Gasteiger partial charge is 0.222 e. The number of piperazine rings is 1. The average molecular weight is 337 g/mol. The van der Waals surface area contributed by atoms with Crippen molar-refractivity contribution in [2.75, 3.05) is 26.2 Å². The van der Waals surface area contributed by atoms with E-state index < -0.39 is 0 Å². The SMILES string of the molecule is CCc1ccc(CCC(=O)N2CCN(Cc3ccccn3)CC2)cc1. The number of amides is 1. The third-order valence-electron chi connectivity index (χ3n) is 4.90. The lowest BCUT2D eigenvalue weighted by molar-refractivity contribution is -0.133. The van der Waals surface area contributed by atoms with Gasteiger partial charge in [-0.1, -0.05) is 37.3 Å². The molecule has 0 N–H and O–H groups in total. The second kappa shape index (κ2) is 8.77. The van der Waals surface area contributed by atoms with Crippen LogP contribution in [0, 0.1) is 0 Å². The first-order chi connectivity index (χ1) is 12.2. The molecule has 0 radical (unpaired) electrons. The molecule has 0 unspecified atom stereocenters. The molecule has 0 aliphatic carbocycles. The molecule has 0 spiro atoms. The number of carbonyl (C=O) groups is 1. The molecule has 4 nitrogen and oxygen atoms in total. The topological polar surface area (TPSA) is 36.4 Å². The summed E-state index contributed by atoms with van der Waals surface area (Å²) in [7, 11) is 0. The van der Waals surface area contributed by atoms with Gasteiger partial charge in [0.2, 0.25) is 5.91 Å². The second-order valence-corrected chi connectivity index (χ2v) is 6.65. The molecule has 0 bridgehead atoms. The molecule has 1 saturated heterocycles. The highest BCUT2D eigenvalue weighted by atomic mass is 16.2. The Balaban J connectivity index is 1.41. The summed E-state index contributed by atoms with van der Waals surface area (Å²) in [6, 6.07) is 14.6. The van der Waals surface area contributed by atoms with Crippen LogP contribution in [0.2, 0.25) is 0 Å². The Morgan fingerprint density at radius 2 is 1.72 bits per heavy atom. The zero-order valence-electron chi connectivity index (χ0n) is 15.0. The number of pyridine rings is 1. The molecule has 1 aliphatic rings. The number of hydrogen-bond donors (Lipinski definition) is 0. The van der Waals surface area contributed by atoms with Gasteiger partial charge in [0.1, 0.15) is 0 Å². The van der Waals surface area contributed by atoms with Crippen LogP contribution in [0.25, 0.3) is 0 Å². The van der Waals surface area contributed by atoms with Crippen LogP contribution in [0.1, 0.15) is 30.2 Å². The maximum absolute atomic E-state index is 12.5. The first kappa shape index (κ1) is 17.6. The van der Waals surface area contributed by atoms with E-state index in [1.807, 2.05) is 23.2 Å². The van der Waals surface area contributed by atoms with Gasteiger partial charge in [0.25, 0.3) is 0 Å². The van der Waals surface area contributed by atoms with Crippen LogP contribution in [0.3, 0.4) is 0 Å². The van der Waals surface area contributed by atoms with Crippen molar-refractivity contribution in [3.8, 4) is 0 Å². The molecule has 2 aromatic rings. The summed E-state index contributed by atoms with van der Waals surface area (Å²) in [4.78, 5) is 21.2. The molecule has 132 valence electrons. The first-order valence-corrected chi connectivity index (χ1v) is 9.22. The summed E-state index contributed by atoms with van der Waals surface area (Å²) in [5.74, 6) is 0.275. The van der Waals surface area contributed by atoms with Crippen molar-refractivity contribution < 1.29 is 4.79 Å². The summed E-state index contributed by atoms with van der Waals surface area (Å²) in [5.41, 5.74) is 3.69. The summed E-state index contributed by atoms with van der Waals surface area (Å²) >= 11 is 0. The molecule has 2 heterocycles. The van der Waals surface area contributed by atoms with E-state index in [-0.39, 0.29) is 5.91 Å². The van der Waals surface area contributed by atoms with Gasteiger partial charge in [-0.05, 0) is 36.1 Å². The third kappa shape index (κ3) is 5.13. The predicted molar refractivity (Wildman–Crippen MR) is 100 cm³/mol. The molecule has 1 fully saturated rings. The lowest BCUT2D eigenvalue weighted by Crippen LogP contribution is -2.48. The van der Waals surface area contributed by atoms with Crippen LogP contribution in [0.5, 0.6) is 0 Å². The molecule has 1 amide bonds. The molecule has 25 heavy (non-hydrogen) atoms. The van der Waals surface area contributed by atoms with Gasteiger partial charge < -0.3 is 4.90 Å². The molecule has 0 saturated carbocycles. The Morgan fingerprint density at radius 3 is 2.36 bits per heavy atom. The lowest BCUT2D eigenvalue weighted by atomic mass is 10.1. The van der Waals surface area contributed by atoms with Gasteiger partial charge in [-0.3, -0.25) is 14.7 Å². The van der Waals surface area contributed by atoms with Gasteiger partial charge in [0.15, 0.2) is 0 Å². The highest BCUT2D eigenvalue weighted by molar-refractivity contribution is 5.76. The maximum atomic E-state index is 12.5. The molecule has 1 aromatic heterocycles. The molecule has 3 rings (SSSR count). The fourth-order valence-corrected chi connectivity index (χ4v) is 3.23. The van der Waals surface area contributed by atoms with Crippen LogP contribution >= 0.6 is 0 Å². The number of benzene rings is 1. The summed E-state index contributed by atoms with van der Waals surface area (Å²) in [5, 5.41) is 0. The van der Waals surface area contributed by atoms with E-state index in [2.05, 4.69) is 47.1 Å². The highest BCUT2D eigenvalue weighted by Crippen LogP contribution is 2.11. The van der Waals surface area contributed by atoms with E-state index in [1.54, 1.807) is 0 Å². The Kier molecular flexibility index (Phi) is 6.18. The highest BCUT2D eigenvalue weighted by Gasteiger charge is 2.21. The van der Waals surface area contributed by atoms with E-state index >= 15 is 0 Å². The third-order valence-corrected chi connectivity index (χ3v) is 4.90. The van der Waals surface area contributed by atoms with Gasteiger partial charge in [-0.2, -0.15) is 0 Å². The molecule has 1 aromatic carbocycles. The van der Waals surface area contributed by atoms with E-state index in [4.69, 9.17) is 0 Å². The first-order valence-electron chi connectivity index (χ1n) is 9.22. The van der Waals surface area contributed by atoms with Crippen molar-refractivity contribution in [3.05, 3.63) is 65.5 Å². The zero-order chi connectivity index (χ0) is 17.5. The number of aromatic nitrogens is 1. The Labute approximate surface area is 150 Å². The van der Waals surface area contributed by atoms with Crippen molar-refractivity contribution in [3.63, 3.8) is 0 Å². The van der Waals surface area contributed by atoms with Gasteiger partial charge >= 0.3 is 0 Å². The van der Waals surface area contributed by atoms with Crippen molar-refractivity contribution in [2.45, 2.75) is 32.7 Å². The molecule has 0 atom stereocenters. The van der Waals surface area contributed by atoms with Crippen molar-refractivity contribution in [1.29, 1.82) is 0 Å². The largest absolute Gasteiger partial charge is 0.340 e. The van der Waals surface area contributed by atoms with Gasteiger partial charge in [0.05, 0.1) is 5.69 Å². The maximum Gasteiger partial charge on any atom is 0.222 e. The summed E-state index contributed by atoms with van der Waals surface area (Å²) in [6.45, 7) is 6.51. The second-order valence-electron chi connectivity index (χ2n) is 6.65. The van der Waals surface area contributed by atoms with E-state index in [9.17, 15) is 4.79 Å². The number of nitrogens with zero attached hydrogens (tertiary/aromatic N) is 3. The predicted octanol–water partition coefficient (Wildman–Crippen LogP) is 2.92. The molecule has 1 aliphatic heterocycles. The minimum Gasteiger partial charge on any atom is -0.340 e. The van der Waals surface area contributed by atoms with Gasteiger partial charge in [-0.25, -0.2) is 0 Å². The van der Waals surface area contributed by atoms with E-state index in [0.717, 1.165) is 51.3 Å². The van der Waals surface area contributed by atoms with Crippen LogP contribution < -0.4 is 0 Å². The van der Waals surface area contributed by atoms with E-state index in [1.165, 1.54) is 11.1 Å². The van der Waals surface area contributed by atoms with Crippen molar-refractivity contribution in [1.82, 2.24) is 14.8 Å². The van der Waals surface area contributed by atoms with Crippen LogP contribution in [0.4, 0.5) is 0 Å². The molecular weight excluding hydrogens is 310 g/mol. The quantitative estimate of drug-likeness (QED) is 0.813. The summed E-state index contributed by atoms with van der Waals surface area (Å²) in [6.07, 6.45) is 4.33. The average Bonchev–Trinajstić information content (AvgIpc) is 2.68. The number of hydrogen-bond acceptors (Lipinski definition) is 3. The van der Waals surface area contributed by atoms with Gasteiger partial charge in [-0.15, -0.1) is 0 Å². The minimum atomic E-state index is 0.275. The van der Waals surface area contributed by atoms with Crippen LogP contribution in [-0.2, 0) is 24.2 Å². The summed E-state index contributed by atoms with van der Waals surface area (Å²) < 4.78 is 0. The Bertz CT molecular complexity index is 661. The number of aryl methyl sites for hydroxylation is 2. The zero-order valence-corrected chi connectivity index (χ0v) is 15.0. The monoisotopic (exact) mass is 337 g/mol. The molecule has 4 heteroatoms.